The van der Waals surface area contributed by atoms with Crippen LogP contribution in [0.1, 0.15) is 40.0 Å². The summed E-state index contributed by atoms with van der Waals surface area (Å²) in [4.78, 5) is 4.71. The normalized spacial score (nSPS) is 33.4. The van der Waals surface area contributed by atoms with Crippen LogP contribution >= 0.6 is 11.6 Å². The summed E-state index contributed by atoms with van der Waals surface area (Å²) >= 11 is 6.12. The van der Waals surface area contributed by atoms with Gasteiger partial charge < -0.3 is 14.7 Å². The number of anilines is 1. The molecule has 0 radical (unpaired) electrons. The summed E-state index contributed by atoms with van der Waals surface area (Å²) in [5, 5.41) is 11.3. The van der Waals surface area contributed by atoms with Crippen molar-refractivity contribution >= 4 is 17.3 Å². The third-order valence-corrected chi connectivity index (χ3v) is 8.45. The summed E-state index contributed by atoms with van der Waals surface area (Å²) in [5.74, 6) is 0.777. The van der Waals surface area contributed by atoms with Crippen molar-refractivity contribution in [1.29, 1.82) is 0 Å². The number of hydrogen-bond donors (Lipinski definition) is 1. The third kappa shape index (κ3) is 3.69. The van der Waals surface area contributed by atoms with Gasteiger partial charge in [0.05, 0.1) is 18.8 Å². The van der Waals surface area contributed by atoms with E-state index in [1.54, 1.807) is 0 Å². The molecule has 0 aromatic heterocycles. The van der Waals surface area contributed by atoms with E-state index >= 15 is 0 Å². The van der Waals surface area contributed by atoms with Crippen molar-refractivity contribution in [3.05, 3.63) is 29.3 Å². The van der Waals surface area contributed by atoms with Crippen molar-refractivity contribution in [2.45, 2.75) is 52.2 Å². The lowest BCUT2D eigenvalue weighted by molar-refractivity contribution is -0.0794. The zero-order chi connectivity index (χ0) is 19.9. The highest BCUT2D eigenvalue weighted by molar-refractivity contribution is 6.30. The molecule has 1 aliphatic heterocycles. The van der Waals surface area contributed by atoms with Gasteiger partial charge in [-0.3, -0.25) is 4.90 Å². The van der Waals surface area contributed by atoms with Gasteiger partial charge in [-0.2, -0.15) is 0 Å². The Bertz CT molecular complexity index is 689. The van der Waals surface area contributed by atoms with Crippen LogP contribution in [-0.4, -0.2) is 61.5 Å². The number of fused-ring (bicyclic) bond motifs is 2. The van der Waals surface area contributed by atoms with E-state index in [4.69, 9.17) is 16.3 Å². The second-order valence-electron chi connectivity index (χ2n) is 9.85. The van der Waals surface area contributed by atoms with Crippen molar-refractivity contribution in [3.8, 4) is 0 Å². The highest BCUT2D eigenvalue weighted by Gasteiger charge is 2.61. The number of aliphatic hydroxyl groups is 1. The molecule has 2 bridgehead atoms. The summed E-state index contributed by atoms with van der Waals surface area (Å²) < 4.78 is 6.28. The maximum atomic E-state index is 10.6. The van der Waals surface area contributed by atoms with E-state index in [2.05, 4.69) is 36.6 Å². The van der Waals surface area contributed by atoms with E-state index in [0.717, 1.165) is 43.5 Å². The van der Waals surface area contributed by atoms with Crippen LogP contribution in [0.3, 0.4) is 0 Å². The molecule has 0 spiro atoms. The van der Waals surface area contributed by atoms with Crippen molar-refractivity contribution in [2.75, 3.05) is 44.2 Å². The molecule has 1 aromatic rings. The van der Waals surface area contributed by atoms with Crippen molar-refractivity contribution < 1.29 is 9.84 Å². The molecule has 1 N–H and O–H groups in total. The Kier molecular flexibility index (Phi) is 5.69. The first kappa shape index (κ1) is 20.5. The predicted octanol–water partition coefficient (Wildman–Crippen LogP) is 4.05. The molecule has 3 fully saturated rings. The number of halogens is 1. The first-order valence-corrected chi connectivity index (χ1v) is 11.2. The highest BCUT2D eigenvalue weighted by Crippen LogP contribution is 2.66. The predicted molar refractivity (Wildman–Crippen MR) is 115 cm³/mol. The minimum absolute atomic E-state index is 0.264. The summed E-state index contributed by atoms with van der Waals surface area (Å²) in [6, 6.07) is 8.05. The largest absolute Gasteiger partial charge is 0.389 e. The topological polar surface area (TPSA) is 35.9 Å². The number of ether oxygens (including phenoxy) is 1. The first-order chi connectivity index (χ1) is 13.3. The Labute approximate surface area is 174 Å². The molecule has 0 amide bonds. The maximum Gasteiger partial charge on any atom is 0.0900 e. The lowest BCUT2D eigenvalue weighted by Crippen LogP contribution is -2.49. The number of β-amino-alcohol motifs (C(OH)–C–C–N with tert-alkyl or cyclic N) is 1. The van der Waals surface area contributed by atoms with Crippen molar-refractivity contribution in [3.63, 3.8) is 0 Å². The molecule has 156 valence electrons. The molecular formula is C23H35ClN2O2. The average molecular weight is 407 g/mol. The number of benzene rings is 1. The molecule has 2 aliphatic carbocycles. The van der Waals surface area contributed by atoms with Crippen LogP contribution in [0, 0.1) is 16.7 Å². The number of piperazine rings is 1. The molecular weight excluding hydrogens is 372 g/mol. The SMILES string of the molecule is CC1(C)[C@H]2CC[C@@]1(C)[C@H](OC[C@@H](O)CN1CCN(c3cccc(Cl)c3)CC1)C2. The Hall–Kier alpha value is -0.810. The molecule has 4 rings (SSSR count). The summed E-state index contributed by atoms with van der Waals surface area (Å²) in [7, 11) is 0. The van der Waals surface area contributed by atoms with Crippen LogP contribution in [-0.2, 0) is 4.74 Å². The van der Waals surface area contributed by atoms with Gasteiger partial charge in [0.1, 0.15) is 0 Å². The van der Waals surface area contributed by atoms with Crippen LogP contribution < -0.4 is 4.90 Å². The van der Waals surface area contributed by atoms with Crippen LogP contribution in [0.5, 0.6) is 0 Å². The standard InChI is InChI=1S/C23H35ClN2O2/c1-22(2)17-7-8-23(22,3)21(13-17)28-16-20(27)15-25-9-11-26(12-10-25)19-6-4-5-18(24)14-19/h4-6,14,17,20-21,27H,7-13,15-16H2,1-3H3/t17-,20-,21+,23-/m0/s1. The van der Waals surface area contributed by atoms with E-state index in [9.17, 15) is 5.11 Å². The quantitative estimate of drug-likeness (QED) is 0.772. The van der Waals surface area contributed by atoms with Gasteiger partial charge in [0.15, 0.2) is 0 Å². The lowest BCUT2D eigenvalue weighted by Gasteiger charge is -2.39. The molecule has 1 saturated heterocycles. The van der Waals surface area contributed by atoms with Gasteiger partial charge in [-0.05, 0) is 54.2 Å². The van der Waals surface area contributed by atoms with E-state index in [0.29, 0.717) is 24.7 Å². The van der Waals surface area contributed by atoms with E-state index < -0.39 is 6.10 Å². The molecule has 4 nitrogen and oxygen atoms in total. The fraction of sp³-hybridized carbons (Fsp3) is 0.739. The fourth-order valence-corrected chi connectivity index (χ4v) is 6.01. The number of rotatable bonds is 6. The molecule has 4 atom stereocenters. The number of hydrogen-bond acceptors (Lipinski definition) is 4. The number of aliphatic hydroxyl groups excluding tert-OH is 1. The molecule has 3 aliphatic rings. The van der Waals surface area contributed by atoms with Crippen molar-refractivity contribution in [1.82, 2.24) is 4.90 Å². The highest BCUT2D eigenvalue weighted by atomic mass is 35.5. The van der Waals surface area contributed by atoms with Crippen LogP contribution in [0.25, 0.3) is 0 Å². The summed E-state index contributed by atoms with van der Waals surface area (Å²) in [5.41, 5.74) is 1.81. The van der Waals surface area contributed by atoms with Crippen LogP contribution in [0.4, 0.5) is 5.69 Å². The average Bonchev–Trinajstić information content (AvgIpc) is 3.00. The molecule has 28 heavy (non-hydrogen) atoms. The van der Waals surface area contributed by atoms with Gasteiger partial charge in [-0.1, -0.05) is 38.4 Å². The van der Waals surface area contributed by atoms with Crippen LogP contribution in [0.2, 0.25) is 5.02 Å². The van der Waals surface area contributed by atoms with Gasteiger partial charge in [0.2, 0.25) is 0 Å². The number of nitrogens with zero attached hydrogens (tertiary/aromatic N) is 2. The van der Waals surface area contributed by atoms with E-state index in [1.165, 1.54) is 18.5 Å². The van der Waals surface area contributed by atoms with Gasteiger partial charge in [0, 0.05) is 43.4 Å². The second-order valence-corrected chi connectivity index (χ2v) is 10.3. The maximum absolute atomic E-state index is 10.6. The molecule has 1 aromatic carbocycles. The Morgan fingerprint density at radius 2 is 1.96 bits per heavy atom. The Morgan fingerprint density at radius 3 is 2.57 bits per heavy atom. The van der Waals surface area contributed by atoms with Gasteiger partial charge in [0.25, 0.3) is 0 Å². The fourth-order valence-electron chi connectivity index (χ4n) is 5.82. The second kappa shape index (κ2) is 7.79. The van der Waals surface area contributed by atoms with Crippen LogP contribution in [0.15, 0.2) is 24.3 Å². The smallest absolute Gasteiger partial charge is 0.0900 e. The van der Waals surface area contributed by atoms with Gasteiger partial charge in [-0.25, -0.2) is 0 Å². The van der Waals surface area contributed by atoms with Gasteiger partial charge in [-0.15, -0.1) is 0 Å². The molecule has 5 heteroatoms. The van der Waals surface area contributed by atoms with E-state index in [1.807, 2.05) is 18.2 Å². The lowest BCUT2D eigenvalue weighted by atomic mass is 9.70. The first-order valence-electron chi connectivity index (χ1n) is 10.8. The molecule has 0 unspecified atom stereocenters. The monoisotopic (exact) mass is 406 g/mol. The zero-order valence-corrected chi connectivity index (χ0v) is 18.3. The minimum Gasteiger partial charge on any atom is -0.389 e. The minimum atomic E-state index is -0.413. The van der Waals surface area contributed by atoms with Gasteiger partial charge >= 0.3 is 0 Å². The van der Waals surface area contributed by atoms with E-state index in [-0.39, 0.29) is 5.41 Å². The molecule has 2 saturated carbocycles. The van der Waals surface area contributed by atoms with Crippen molar-refractivity contribution in [2.24, 2.45) is 16.7 Å². The Morgan fingerprint density at radius 1 is 1.21 bits per heavy atom. The summed E-state index contributed by atoms with van der Waals surface area (Å²) in [6.07, 6.45) is 3.65. The Balaban J connectivity index is 1.22. The molecule has 1 heterocycles. The third-order valence-electron chi connectivity index (χ3n) is 8.22. The zero-order valence-electron chi connectivity index (χ0n) is 17.5. The summed E-state index contributed by atoms with van der Waals surface area (Å²) in [6.45, 7) is 12.2.